The van der Waals surface area contributed by atoms with E-state index >= 15 is 0 Å². The van der Waals surface area contributed by atoms with Gasteiger partial charge in [-0.3, -0.25) is 4.79 Å². The molecule has 5 atom stereocenters. The molecule has 3 aliphatic rings. The monoisotopic (exact) mass is 601 g/mol. The summed E-state index contributed by atoms with van der Waals surface area (Å²) in [7, 11) is 0. The van der Waals surface area contributed by atoms with E-state index < -0.39 is 41.5 Å². The molecule has 3 heterocycles. The fourth-order valence-corrected chi connectivity index (χ4v) is 6.05. The first kappa shape index (κ1) is 37.3. The molecule has 236 valence electrons. The Morgan fingerprint density at radius 3 is 1.98 bits per heavy atom. The standard InChI is InChI=1S/C28H51NO11.Na.H/c1-2-3-4-5-6-7-8-9-10-11-17-34-18-12-16-29-25(33)27(14-20-36-39-27)28(15-21-37-40-28)26(13-19-35-38-26)24(32)23(31)22-30;;/h23-24,30-32H,2-22H2,1H3,(H,29,33);;/q;+1;-1/t23-,24+,26-,27+,28-;;/m1../s1. The molecule has 3 rings (SSSR count). The van der Waals surface area contributed by atoms with Crippen LogP contribution in [0.1, 0.15) is 98.2 Å². The topological polar surface area (TPSA) is 154 Å². The molecule has 0 aliphatic carbocycles. The summed E-state index contributed by atoms with van der Waals surface area (Å²) >= 11 is 0. The van der Waals surface area contributed by atoms with Gasteiger partial charge in [-0.15, -0.1) is 0 Å². The van der Waals surface area contributed by atoms with Crippen LogP contribution < -0.4 is 34.9 Å². The molecule has 1 amide bonds. The molecule has 0 radical (unpaired) electrons. The molecule has 4 N–H and O–H groups in total. The average Bonchev–Trinajstić information content (AvgIpc) is 3.76. The summed E-state index contributed by atoms with van der Waals surface area (Å²) in [6.45, 7) is 3.28. The maximum absolute atomic E-state index is 13.7. The Labute approximate surface area is 267 Å². The maximum Gasteiger partial charge on any atom is 1.00 e. The van der Waals surface area contributed by atoms with E-state index in [4.69, 9.17) is 34.1 Å². The van der Waals surface area contributed by atoms with Crippen LogP contribution in [-0.4, -0.2) is 96.4 Å². The summed E-state index contributed by atoms with van der Waals surface area (Å²) in [6, 6.07) is 0. The van der Waals surface area contributed by atoms with Gasteiger partial charge in [0.05, 0.1) is 26.4 Å². The van der Waals surface area contributed by atoms with E-state index in [2.05, 4.69) is 12.2 Å². The Hall–Kier alpha value is 0.0700. The Balaban J connectivity index is 0.00000441. The Kier molecular flexibility index (Phi) is 17.7. The molecule has 41 heavy (non-hydrogen) atoms. The van der Waals surface area contributed by atoms with Crippen molar-refractivity contribution >= 4 is 5.91 Å². The molecule has 13 heteroatoms. The number of ether oxygens (including phenoxy) is 1. The zero-order chi connectivity index (χ0) is 28.7. The fourth-order valence-electron chi connectivity index (χ4n) is 6.05. The third-order valence-electron chi connectivity index (χ3n) is 8.37. The van der Waals surface area contributed by atoms with E-state index in [0.29, 0.717) is 26.2 Å². The minimum atomic E-state index is -1.77. The van der Waals surface area contributed by atoms with Crippen molar-refractivity contribution in [1.82, 2.24) is 5.32 Å². The van der Waals surface area contributed by atoms with E-state index in [9.17, 15) is 20.1 Å². The summed E-state index contributed by atoms with van der Waals surface area (Å²) < 4.78 is 5.75. The van der Waals surface area contributed by atoms with Crippen molar-refractivity contribution in [3.05, 3.63) is 0 Å². The van der Waals surface area contributed by atoms with Gasteiger partial charge in [0.15, 0.2) is 11.2 Å². The largest absolute Gasteiger partial charge is 1.00 e. The zero-order valence-corrected chi connectivity index (χ0v) is 27.1. The van der Waals surface area contributed by atoms with Crippen molar-refractivity contribution < 1.29 is 85.2 Å². The number of amides is 1. The number of nitrogens with one attached hydrogen (secondary N) is 1. The van der Waals surface area contributed by atoms with E-state index in [-0.39, 0.29) is 70.1 Å². The van der Waals surface area contributed by atoms with Crippen LogP contribution in [0.15, 0.2) is 0 Å². The van der Waals surface area contributed by atoms with Crippen LogP contribution in [-0.2, 0) is 38.9 Å². The molecule has 0 aromatic heterocycles. The van der Waals surface area contributed by atoms with Gasteiger partial charge in [-0.2, -0.15) is 0 Å². The molecule has 0 spiro atoms. The maximum atomic E-state index is 13.7. The van der Waals surface area contributed by atoms with E-state index in [0.717, 1.165) is 6.42 Å². The first-order valence-corrected chi connectivity index (χ1v) is 15.2. The van der Waals surface area contributed by atoms with Crippen LogP contribution >= 0.6 is 0 Å². The number of hydrogen-bond donors (Lipinski definition) is 4. The van der Waals surface area contributed by atoms with Crippen molar-refractivity contribution in [2.24, 2.45) is 0 Å². The van der Waals surface area contributed by atoms with Gasteiger partial charge in [-0.25, -0.2) is 29.3 Å². The van der Waals surface area contributed by atoms with E-state index in [1.165, 1.54) is 57.8 Å². The number of aliphatic hydroxyl groups is 3. The minimum Gasteiger partial charge on any atom is -1.00 e. The summed E-state index contributed by atoms with van der Waals surface area (Å²) in [5.74, 6) is -0.522. The van der Waals surface area contributed by atoms with Crippen molar-refractivity contribution in [2.45, 2.75) is 126 Å². The Morgan fingerprint density at radius 2 is 1.41 bits per heavy atom. The van der Waals surface area contributed by atoms with Crippen molar-refractivity contribution in [3.63, 3.8) is 0 Å². The second-order valence-corrected chi connectivity index (χ2v) is 11.1. The summed E-state index contributed by atoms with van der Waals surface area (Å²) in [5, 5.41) is 33.8. The van der Waals surface area contributed by atoms with Crippen molar-refractivity contribution in [1.29, 1.82) is 0 Å². The molecule has 0 aromatic rings. The number of hydrogen-bond acceptors (Lipinski definition) is 11. The van der Waals surface area contributed by atoms with Crippen molar-refractivity contribution in [3.8, 4) is 0 Å². The third kappa shape index (κ3) is 9.06. The van der Waals surface area contributed by atoms with Crippen LogP contribution in [0.3, 0.4) is 0 Å². The van der Waals surface area contributed by atoms with Gasteiger partial charge in [0.2, 0.25) is 5.60 Å². The Morgan fingerprint density at radius 1 is 0.829 bits per heavy atom. The second kappa shape index (κ2) is 19.5. The minimum absolute atomic E-state index is 0. The predicted molar refractivity (Wildman–Crippen MR) is 144 cm³/mol. The van der Waals surface area contributed by atoms with Crippen LogP contribution in [0.4, 0.5) is 0 Å². The summed E-state index contributed by atoms with van der Waals surface area (Å²) in [5.41, 5.74) is -5.25. The van der Waals surface area contributed by atoms with Crippen LogP contribution in [0, 0.1) is 0 Å². The van der Waals surface area contributed by atoms with E-state index in [1.54, 1.807) is 0 Å². The fraction of sp³-hybridized carbons (Fsp3) is 0.964. The molecule has 12 nitrogen and oxygen atoms in total. The molecule has 0 bridgehead atoms. The quantitative estimate of drug-likeness (QED) is 0.0767. The predicted octanol–water partition coefficient (Wildman–Crippen LogP) is -0.467. The summed E-state index contributed by atoms with van der Waals surface area (Å²) in [6.07, 6.45) is 10.3. The van der Waals surface area contributed by atoms with Gasteiger partial charge in [-0.1, -0.05) is 64.7 Å². The first-order valence-electron chi connectivity index (χ1n) is 15.2. The number of unbranched alkanes of at least 4 members (excludes halogenated alkanes) is 9. The number of rotatable bonds is 21. The zero-order valence-electron chi connectivity index (χ0n) is 26.1. The molecular weight excluding hydrogens is 549 g/mol. The molecule has 3 aliphatic heterocycles. The molecule has 3 fully saturated rings. The van der Waals surface area contributed by atoms with Crippen molar-refractivity contribution in [2.75, 3.05) is 46.2 Å². The van der Waals surface area contributed by atoms with Crippen LogP contribution in [0.2, 0.25) is 0 Å². The van der Waals surface area contributed by atoms with E-state index in [1.807, 2.05) is 0 Å². The SMILES string of the molecule is CCCCCCCCCCCCOCCCNC(=O)[C@]1([C@]2([C@]3([C@@H](O)[C@H](O)CO)CCOO3)CCOO2)CCOO1.[H-].[Na+]. The van der Waals surface area contributed by atoms with Crippen LogP contribution in [0.5, 0.6) is 0 Å². The second-order valence-electron chi connectivity index (χ2n) is 11.1. The van der Waals surface area contributed by atoms with Crippen LogP contribution in [0.25, 0.3) is 0 Å². The van der Waals surface area contributed by atoms with Gasteiger partial charge >= 0.3 is 29.6 Å². The number of aliphatic hydroxyl groups excluding tert-OH is 3. The van der Waals surface area contributed by atoms with Gasteiger partial charge in [0, 0.05) is 39.0 Å². The molecular formula is C28H52NNaO11. The molecule has 3 saturated heterocycles. The van der Waals surface area contributed by atoms with Gasteiger partial charge in [0.1, 0.15) is 12.2 Å². The average molecular weight is 602 g/mol. The van der Waals surface area contributed by atoms with Gasteiger partial charge in [0.25, 0.3) is 5.91 Å². The number of carbonyl (C=O) groups excluding carboxylic acids is 1. The summed E-state index contributed by atoms with van der Waals surface area (Å²) in [4.78, 5) is 46.2. The smallest absolute Gasteiger partial charge is 1.00 e. The number of carbonyl (C=O) groups is 1. The molecule has 0 unspecified atom stereocenters. The molecule has 0 aromatic carbocycles. The molecule has 0 saturated carbocycles. The first-order chi connectivity index (χ1) is 19.5. The third-order valence-corrected chi connectivity index (χ3v) is 8.37. The van der Waals surface area contributed by atoms with Gasteiger partial charge < -0.3 is 26.8 Å². The van der Waals surface area contributed by atoms with Gasteiger partial charge in [-0.05, 0) is 12.8 Å². The Bertz CT molecular complexity index is 720. The normalized spacial score (nSPS) is 29.4.